The van der Waals surface area contributed by atoms with Gasteiger partial charge in [0.15, 0.2) is 6.17 Å². The number of phenolic OH excluding ortho intramolecular Hbond substituents is 1. The summed E-state index contributed by atoms with van der Waals surface area (Å²) in [5.74, 6) is -0.367. The Morgan fingerprint density at radius 3 is 2.58 bits per heavy atom. The summed E-state index contributed by atoms with van der Waals surface area (Å²) in [4.78, 5) is 34.7. The summed E-state index contributed by atoms with van der Waals surface area (Å²) in [7, 11) is 0. The maximum absolute atomic E-state index is 13.4. The molecule has 0 fully saturated rings. The third-order valence-electron chi connectivity index (χ3n) is 4.97. The zero-order chi connectivity index (χ0) is 21.4. The number of pyridine rings is 1. The van der Waals surface area contributed by atoms with Crippen LogP contribution in [0.15, 0.2) is 83.6 Å². The molecular formula is C23H16N4O4. The lowest BCUT2D eigenvalue weighted by atomic mass is 10.0. The molecule has 152 valence electrons. The highest BCUT2D eigenvalue weighted by Crippen LogP contribution is 2.37. The van der Waals surface area contributed by atoms with Gasteiger partial charge in [0.1, 0.15) is 17.1 Å². The Kier molecular flexibility index (Phi) is 4.44. The molecule has 0 saturated heterocycles. The molecule has 0 radical (unpaired) electrons. The number of para-hydroxylation sites is 2. The predicted octanol–water partition coefficient (Wildman–Crippen LogP) is 2.85. The van der Waals surface area contributed by atoms with E-state index in [0.29, 0.717) is 16.9 Å². The number of rotatable bonds is 3. The number of fused-ring (bicyclic) bond motifs is 2. The maximum Gasteiger partial charge on any atom is 0.280 e. The van der Waals surface area contributed by atoms with Gasteiger partial charge in [-0.2, -0.15) is 0 Å². The molecule has 3 aromatic rings. The highest BCUT2D eigenvalue weighted by atomic mass is 16.5. The number of amides is 2. The maximum atomic E-state index is 13.4. The third-order valence-corrected chi connectivity index (χ3v) is 4.97. The second kappa shape index (κ2) is 7.42. The number of aromatic nitrogens is 1. The monoisotopic (exact) mass is 412 g/mol. The number of carbonyl (C=O) groups is 2. The fraction of sp³-hybridized carbons (Fsp3) is 0.0435. The number of phenols is 1. The van der Waals surface area contributed by atoms with Crippen molar-refractivity contribution in [3.8, 4) is 11.5 Å². The normalized spacial score (nSPS) is 17.0. The lowest BCUT2D eigenvalue weighted by molar-refractivity contribution is -0.132. The van der Waals surface area contributed by atoms with Gasteiger partial charge in [-0.25, -0.2) is 10.0 Å². The van der Waals surface area contributed by atoms with E-state index in [4.69, 9.17) is 4.74 Å². The third kappa shape index (κ3) is 3.29. The first-order chi connectivity index (χ1) is 15.1. The van der Waals surface area contributed by atoms with Crippen LogP contribution < -0.4 is 10.2 Å². The fourth-order valence-corrected chi connectivity index (χ4v) is 3.43. The van der Waals surface area contributed by atoms with Crippen LogP contribution in [0.25, 0.3) is 6.08 Å². The molecule has 31 heavy (non-hydrogen) atoms. The van der Waals surface area contributed by atoms with Crippen LogP contribution in [0.3, 0.4) is 0 Å². The van der Waals surface area contributed by atoms with Gasteiger partial charge in [0.05, 0.1) is 0 Å². The van der Waals surface area contributed by atoms with Gasteiger partial charge in [0, 0.05) is 29.1 Å². The molecule has 2 aliphatic rings. The van der Waals surface area contributed by atoms with Gasteiger partial charge in [-0.15, -0.1) is 0 Å². The van der Waals surface area contributed by atoms with Crippen LogP contribution in [-0.2, 0) is 4.79 Å². The minimum absolute atomic E-state index is 0.0588. The van der Waals surface area contributed by atoms with Crippen LogP contribution in [0.2, 0.25) is 0 Å². The van der Waals surface area contributed by atoms with Crippen LogP contribution in [0.5, 0.6) is 11.5 Å². The first-order valence-corrected chi connectivity index (χ1v) is 9.51. The van der Waals surface area contributed by atoms with Crippen molar-refractivity contribution in [1.82, 2.24) is 15.4 Å². The average molecular weight is 412 g/mol. The lowest BCUT2D eigenvalue weighted by Gasteiger charge is -2.35. The Bertz CT molecular complexity index is 1250. The van der Waals surface area contributed by atoms with Crippen molar-refractivity contribution in [1.29, 1.82) is 0 Å². The average Bonchev–Trinajstić information content (AvgIpc) is 2.81. The molecular weight excluding hydrogens is 396 g/mol. The Morgan fingerprint density at radius 2 is 1.77 bits per heavy atom. The molecule has 0 bridgehead atoms. The molecule has 3 heterocycles. The SMILES string of the molecule is O=C(NN1C(=O)C2=Cc3ccccc3OC2=NC1c1ccccc1O)c1ccncc1. The van der Waals surface area contributed by atoms with Crippen LogP contribution in [0.4, 0.5) is 0 Å². The van der Waals surface area contributed by atoms with E-state index in [0.717, 1.165) is 10.6 Å². The van der Waals surface area contributed by atoms with Gasteiger partial charge >= 0.3 is 0 Å². The quantitative estimate of drug-likeness (QED) is 0.688. The van der Waals surface area contributed by atoms with Crippen molar-refractivity contribution in [3.63, 3.8) is 0 Å². The van der Waals surface area contributed by atoms with Gasteiger partial charge in [0.25, 0.3) is 11.8 Å². The zero-order valence-corrected chi connectivity index (χ0v) is 16.1. The number of aromatic hydroxyl groups is 1. The van der Waals surface area contributed by atoms with E-state index in [1.165, 1.54) is 30.6 Å². The van der Waals surface area contributed by atoms with Crippen LogP contribution in [-0.4, -0.2) is 32.8 Å². The second-order valence-corrected chi connectivity index (χ2v) is 6.92. The Morgan fingerprint density at radius 1 is 1.03 bits per heavy atom. The Labute approximate surface area is 177 Å². The molecule has 2 aliphatic heterocycles. The highest BCUT2D eigenvalue weighted by Gasteiger charge is 2.39. The van der Waals surface area contributed by atoms with Crippen LogP contribution in [0, 0.1) is 0 Å². The van der Waals surface area contributed by atoms with Crippen molar-refractivity contribution >= 4 is 23.8 Å². The Hall–Kier alpha value is -4.46. The molecule has 2 amide bonds. The van der Waals surface area contributed by atoms with E-state index >= 15 is 0 Å². The predicted molar refractivity (Wildman–Crippen MR) is 112 cm³/mol. The summed E-state index contributed by atoms with van der Waals surface area (Å²) < 4.78 is 5.87. The van der Waals surface area contributed by atoms with Crippen LogP contribution in [0.1, 0.15) is 27.7 Å². The van der Waals surface area contributed by atoms with E-state index in [1.54, 1.807) is 30.3 Å². The summed E-state index contributed by atoms with van der Waals surface area (Å²) >= 11 is 0. The summed E-state index contributed by atoms with van der Waals surface area (Å²) in [6, 6.07) is 16.8. The van der Waals surface area contributed by atoms with Gasteiger partial charge < -0.3 is 9.84 Å². The van der Waals surface area contributed by atoms with Gasteiger partial charge in [-0.1, -0.05) is 36.4 Å². The second-order valence-electron chi connectivity index (χ2n) is 6.92. The smallest absolute Gasteiger partial charge is 0.280 e. The Balaban J connectivity index is 1.59. The van der Waals surface area contributed by atoms with Crippen LogP contribution >= 0.6 is 0 Å². The minimum Gasteiger partial charge on any atom is -0.508 e. The van der Waals surface area contributed by atoms with E-state index in [9.17, 15) is 14.7 Å². The van der Waals surface area contributed by atoms with Gasteiger partial charge in [-0.3, -0.25) is 20.0 Å². The summed E-state index contributed by atoms with van der Waals surface area (Å²) in [5, 5.41) is 11.5. The zero-order valence-electron chi connectivity index (χ0n) is 16.1. The van der Waals surface area contributed by atoms with Gasteiger partial charge in [0.2, 0.25) is 5.90 Å². The minimum atomic E-state index is -1.02. The van der Waals surface area contributed by atoms with E-state index in [1.807, 2.05) is 18.2 Å². The molecule has 2 N–H and O–H groups in total. The molecule has 8 heteroatoms. The summed E-state index contributed by atoms with van der Waals surface area (Å²) in [6.07, 6.45) is 3.63. The molecule has 0 saturated carbocycles. The lowest BCUT2D eigenvalue weighted by Crippen LogP contribution is -2.52. The number of carbonyl (C=O) groups excluding carboxylic acids is 2. The first kappa shape index (κ1) is 18.6. The molecule has 5 rings (SSSR count). The highest BCUT2D eigenvalue weighted by molar-refractivity contribution is 6.25. The fourth-order valence-electron chi connectivity index (χ4n) is 3.43. The number of ether oxygens (including phenoxy) is 1. The number of hydrogen-bond donors (Lipinski definition) is 2. The topological polar surface area (TPSA) is 104 Å². The van der Waals surface area contributed by atoms with Crippen molar-refractivity contribution < 1.29 is 19.4 Å². The van der Waals surface area contributed by atoms with E-state index in [2.05, 4.69) is 15.4 Å². The molecule has 0 spiro atoms. The van der Waals surface area contributed by atoms with Crippen molar-refractivity contribution in [2.45, 2.75) is 6.17 Å². The first-order valence-electron chi connectivity index (χ1n) is 9.51. The molecule has 0 aliphatic carbocycles. The molecule has 1 unspecified atom stereocenters. The molecule has 8 nitrogen and oxygen atoms in total. The summed E-state index contributed by atoms with van der Waals surface area (Å²) in [5.41, 5.74) is 4.23. The molecule has 1 aromatic heterocycles. The van der Waals surface area contributed by atoms with E-state index < -0.39 is 18.0 Å². The van der Waals surface area contributed by atoms with Crippen molar-refractivity contribution in [3.05, 3.63) is 95.3 Å². The van der Waals surface area contributed by atoms with Crippen molar-refractivity contribution in [2.24, 2.45) is 4.99 Å². The summed E-state index contributed by atoms with van der Waals surface area (Å²) in [6.45, 7) is 0. The molecule has 1 atom stereocenters. The van der Waals surface area contributed by atoms with Crippen molar-refractivity contribution in [2.75, 3.05) is 0 Å². The number of benzene rings is 2. The number of aliphatic imine (C=N–C) groups is 1. The molecule has 2 aromatic carbocycles. The largest absolute Gasteiger partial charge is 0.508 e. The number of nitrogens with zero attached hydrogens (tertiary/aromatic N) is 3. The number of hydrogen-bond acceptors (Lipinski definition) is 6. The van der Waals surface area contributed by atoms with Gasteiger partial charge in [-0.05, 0) is 30.3 Å². The standard InChI is InChI=1S/C23H16N4O4/c28-18-7-3-2-6-16(18)20-25-22-17(13-15-5-1-4-8-19(15)31-22)23(30)27(20)26-21(29)14-9-11-24-12-10-14/h1-13,20,28H,(H,26,29). The number of nitrogens with one attached hydrogen (secondary N) is 1. The number of hydrazine groups is 1. The van der Waals surface area contributed by atoms with E-state index in [-0.39, 0.29) is 17.2 Å².